The van der Waals surface area contributed by atoms with E-state index in [1.165, 1.54) is 56.9 Å². The van der Waals surface area contributed by atoms with E-state index in [2.05, 4.69) is 27.7 Å². The van der Waals surface area contributed by atoms with Crippen molar-refractivity contribution in [2.75, 3.05) is 19.8 Å². The summed E-state index contributed by atoms with van der Waals surface area (Å²) in [6.07, 6.45) is 3.80. The minimum atomic E-state index is -5.88. The number of hydrogen-bond acceptors (Lipinski definition) is 11. The maximum Gasteiger partial charge on any atom is 0.534 e. The number of benzene rings is 2. The number of aromatic nitrogens is 2. The molecule has 0 saturated carbocycles. The number of esters is 2. The first-order chi connectivity index (χ1) is 22.7. The number of para-hydroxylation sites is 2. The van der Waals surface area contributed by atoms with Gasteiger partial charge in [-0.2, -0.15) is 21.6 Å². The summed E-state index contributed by atoms with van der Waals surface area (Å²) in [6, 6.07) is 15.2. The Morgan fingerprint density at radius 1 is 0.833 bits per heavy atom. The average Bonchev–Trinajstić information content (AvgIpc) is 3.04. The molecule has 0 fully saturated rings. The van der Waals surface area contributed by atoms with Crippen molar-refractivity contribution >= 4 is 49.6 Å². The van der Waals surface area contributed by atoms with Gasteiger partial charge in [0.25, 0.3) is 0 Å². The van der Waals surface area contributed by atoms with Crippen LogP contribution in [0, 0.1) is 0 Å². The van der Waals surface area contributed by atoms with Gasteiger partial charge >= 0.3 is 27.6 Å². The maximum atomic E-state index is 12.5. The number of nitrogens with zero attached hydrogens (tertiary/aromatic N) is 2. The molecule has 0 aliphatic carbocycles. The zero-order chi connectivity index (χ0) is 35.9. The van der Waals surface area contributed by atoms with Crippen LogP contribution < -0.4 is 4.18 Å². The Morgan fingerprint density at radius 3 is 1.81 bits per heavy atom. The lowest BCUT2D eigenvalue weighted by molar-refractivity contribution is -0.0499. The molecule has 0 aliphatic rings. The highest BCUT2D eigenvalue weighted by Crippen LogP contribution is 2.32. The van der Waals surface area contributed by atoms with Crippen LogP contribution in [0.2, 0.25) is 0 Å². The summed E-state index contributed by atoms with van der Waals surface area (Å²) in [5.41, 5.74) is -4.59. The van der Waals surface area contributed by atoms with Crippen LogP contribution in [-0.4, -0.2) is 61.4 Å². The maximum absolute atomic E-state index is 12.5. The molecule has 48 heavy (non-hydrogen) atoms. The first-order valence-corrected chi connectivity index (χ1v) is 16.0. The summed E-state index contributed by atoms with van der Waals surface area (Å²) in [5, 5.41) is 0.756. The number of carbonyl (C=O) groups excluding carboxylic acids is 3. The van der Waals surface area contributed by atoms with Crippen LogP contribution in [0.15, 0.2) is 73.5 Å². The third-order valence-corrected chi connectivity index (χ3v) is 6.93. The molecule has 2 aromatic heterocycles. The van der Waals surface area contributed by atoms with E-state index in [9.17, 15) is 36.0 Å². The van der Waals surface area contributed by atoms with Gasteiger partial charge in [-0.25, -0.2) is 19.6 Å². The Morgan fingerprint density at radius 2 is 1.33 bits per heavy atom. The summed E-state index contributed by atoms with van der Waals surface area (Å²) >= 11 is 0. The molecular weight excluding hydrogens is 657 g/mol. The summed E-state index contributed by atoms with van der Waals surface area (Å²) in [4.78, 5) is 43.1. The summed E-state index contributed by atoms with van der Waals surface area (Å²) in [6.45, 7) is 11.4. The van der Waals surface area contributed by atoms with E-state index in [0.29, 0.717) is 11.1 Å². The predicted molar refractivity (Wildman–Crippen MR) is 172 cm³/mol. The molecule has 2 heterocycles. The van der Waals surface area contributed by atoms with Gasteiger partial charge in [-0.1, -0.05) is 50.3 Å². The number of alkyl halides is 3. The van der Waals surface area contributed by atoms with Crippen molar-refractivity contribution in [2.45, 2.75) is 46.0 Å². The number of carbonyl (C=O) groups is 3. The van der Waals surface area contributed by atoms with Gasteiger partial charge in [0.2, 0.25) is 0 Å². The van der Waals surface area contributed by atoms with Gasteiger partial charge in [-0.15, -0.1) is 0 Å². The van der Waals surface area contributed by atoms with Gasteiger partial charge in [-0.3, -0.25) is 4.79 Å². The molecule has 11 nitrogen and oxygen atoms in total. The molecule has 0 amide bonds. The molecule has 0 saturated heterocycles. The predicted octanol–water partition coefficient (Wildman–Crippen LogP) is 7.20. The van der Waals surface area contributed by atoms with Gasteiger partial charge in [-0.05, 0) is 51.5 Å². The molecule has 258 valence electrons. The minimum absolute atomic E-state index is 0.00775. The summed E-state index contributed by atoms with van der Waals surface area (Å²) in [5.74, 6) is -2.17. The number of halogens is 3. The van der Waals surface area contributed by atoms with Crippen LogP contribution >= 0.6 is 0 Å². The Labute approximate surface area is 275 Å². The molecule has 0 aliphatic heterocycles. The third-order valence-electron chi connectivity index (χ3n) is 5.96. The quantitative estimate of drug-likeness (QED) is 0.0392. The number of Topliss-reactive ketones (excluding diaryl/α,β-unsaturated/α-hetero) is 1. The topological polar surface area (TPSA) is 148 Å². The van der Waals surface area contributed by atoms with Gasteiger partial charge in [0.05, 0.1) is 37.1 Å². The monoisotopic (exact) mass is 692 g/mol. The van der Waals surface area contributed by atoms with Crippen molar-refractivity contribution in [1.29, 1.82) is 0 Å². The molecule has 2 aromatic carbocycles. The van der Waals surface area contributed by atoms with E-state index in [1.54, 1.807) is 13.0 Å². The second kappa shape index (κ2) is 18.3. The number of unbranched alkanes of at least 4 members (excludes halogenated alkanes) is 1. The van der Waals surface area contributed by atoms with Crippen LogP contribution in [0.3, 0.4) is 0 Å². The molecule has 0 radical (unpaired) electrons. The van der Waals surface area contributed by atoms with Gasteiger partial charge in [0.15, 0.2) is 17.2 Å². The zero-order valence-corrected chi connectivity index (χ0v) is 27.5. The number of ether oxygens (including phenoxy) is 3. The minimum Gasteiger partial charge on any atom is -0.502 e. The summed E-state index contributed by atoms with van der Waals surface area (Å²) in [7, 11) is -5.88. The fourth-order valence-electron chi connectivity index (χ4n) is 3.77. The number of ketones is 1. The second-order valence-corrected chi connectivity index (χ2v) is 11.0. The van der Waals surface area contributed by atoms with Crippen LogP contribution in [0.5, 0.6) is 5.75 Å². The molecule has 0 N–H and O–H groups in total. The van der Waals surface area contributed by atoms with Crippen molar-refractivity contribution in [1.82, 2.24) is 9.97 Å². The van der Waals surface area contributed by atoms with Gasteiger partial charge < -0.3 is 18.4 Å². The lowest BCUT2D eigenvalue weighted by Crippen LogP contribution is -2.28. The van der Waals surface area contributed by atoms with Crippen molar-refractivity contribution in [3.63, 3.8) is 0 Å². The Hall–Kier alpha value is -5.05. The van der Waals surface area contributed by atoms with Crippen molar-refractivity contribution < 1.29 is 54.4 Å². The van der Waals surface area contributed by atoms with Crippen molar-refractivity contribution in [3.05, 3.63) is 90.5 Å². The number of hydrogen-bond donors (Lipinski definition) is 0. The van der Waals surface area contributed by atoms with E-state index in [-0.39, 0.29) is 41.3 Å². The fraction of sp³-hybridized carbons (Fsp3) is 0.303. The highest BCUT2D eigenvalue weighted by molar-refractivity contribution is 7.88. The molecule has 0 unspecified atom stereocenters. The van der Waals surface area contributed by atoms with Crippen LogP contribution in [0.25, 0.3) is 21.8 Å². The van der Waals surface area contributed by atoms with E-state index in [4.69, 9.17) is 14.2 Å². The molecule has 4 aromatic rings. The largest absolute Gasteiger partial charge is 0.534 e. The van der Waals surface area contributed by atoms with Crippen molar-refractivity contribution in [3.8, 4) is 5.75 Å². The first kappa shape index (κ1) is 39.1. The van der Waals surface area contributed by atoms with Crippen molar-refractivity contribution in [2.24, 2.45) is 0 Å². The van der Waals surface area contributed by atoms with E-state index in [1.807, 2.05) is 18.2 Å². The normalized spacial score (nSPS) is 10.9. The lowest BCUT2D eigenvalue weighted by atomic mass is 10.0. The highest BCUT2D eigenvalue weighted by Gasteiger charge is 2.48. The molecule has 15 heteroatoms. The van der Waals surface area contributed by atoms with Crippen LogP contribution in [0.1, 0.15) is 71.9 Å². The third kappa shape index (κ3) is 11.0. The van der Waals surface area contributed by atoms with Gasteiger partial charge in [0, 0.05) is 22.4 Å². The van der Waals surface area contributed by atoms with Crippen LogP contribution in [-0.2, 0) is 24.3 Å². The Balaban J connectivity index is 0.000000284. The summed E-state index contributed by atoms with van der Waals surface area (Å²) < 4.78 is 78.4. The lowest BCUT2D eigenvalue weighted by Gasteiger charge is -2.12. The highest BCUT2D eigenvalue weighted by atomic mass is 32.2. The Bertz CT molecular complexity index is 1850. The van der Waals surface area contributed by atoms with Crippen LogP contribution in [0.4, 0.5) is 13.2 Å². The second-order valence-electron chi connectivity index (χ2n) is 9.47. The number of pyridine rings is 2. The van der Waals surface area contributed by atoms with E-state index < -0.39 is 33.3 Å². The molecule has 0 spiro atoms. The standard InChI is InChI=1S/C14H13NO3.C13H10F3NO5S.C6H12O/c1-3-18-14(17)13-8-11(9(2)16)10-6-4-5-7-12(10)15-13;1-2-21-12(18)10-7-11(22-23(19,20)13(14,15)16)8-5-3-4-6-9(8)17-10;1-3-5-6-7-4-2/h4-8H,3H2,1-2H3;3-7H,2H2,1H3;4H,2-3,5-6H2,1H3. The Kier molecular flexibility index (Phi) is 14.9. The molecule has 0 bridgehead atoms. The number of fused-ring (bicyclic) bond motifs is 2. The van der Waals surface area contributed by atoms with Gasteiger partial charge in [0.1, 0.15) is 5.69 Å². The smallest absolute Gasteiger partial charge is 0.502 e. The van der Waals surface area contributed by atoms with E-state index in [0.717, 1.165) is 24.5 Å². The molecular formula is C33H35F3N2O9S. The van der Waals surface area contributed by atoms with E-state index >= 15 is 0 Å². The fourth-order valence-corrected chi connectivity index (χ4v) is 4.24. The first-order valence-electron chi connectivity index (χ1n) is 14.6. The average molecular weight is 693 g/mol. The SMILES string of the molecule is C=COCCCC.CCOC(=O)c1cc(C(C)=O)c2ccccc2n1.CCOC(=O)c1cc(OS(=O)(=O)C(F)(F)F)c2ccccc2n1. The molecule has 0 atom stereocenters. The zero-order valence-electron chi connectivity index (χ0n) is 26.7. The molecule has 4 rings (SSSR count). The number of rotatable bonds is 11.